The molecule has 0 aliphatic heterocycles. The van der Waals surface area contributed by atoms with Crippen molar-refractivity contribution in [2.45, 2.75) is 45.1 Å². The molecule has 0 bridgehead atoms. The molecule has 2 heterocycles. The van der Waals surface area contributed by atoms with Gasteiger partial charge >= 0.3 is 18.2 Å². The molecule has 4 aromatic rings. The summed E-state index contributed by atoms with van der Waals surface area (Å²) in [5, 5.41) is 9.16. The van der Waals surface area contributed by atoms with Gasteiger partial charge in [-0.15, -0.1) is 24.5 Å². The highest BCUT2D eigenvalue weighted by Crippen LogP contribution is 2.42. The third-order valence-electron chi connectivity index (χ3n) is 5.95. The number of nitrogens with one attached hydrogen (secondary N) is 1. The molecule has 2 aromatic heterocycles. The lowest BCUT2D eigenvalue weighted by atomic mass is 10.1. The van der Waals surface area contributed by atoms with E-state index in [0.29, 0.717) is 15.9 Å². The Bertz CT molecular complexity index is 1730. The van der Waals surface area contributed by atoms with Crippen molar-refractivity contribution in [3.63, 3.8) is 0 Å². The van der Waals surface area contributed by atoms with Crippen LogP contribution in [-0.4, -0.2) is 33.3 Å². The number of H-pyrrole nitrogens is 1. The van der Waals surface area contributed by atoms with Crippen molar-refractivity contribution in [3.05, 3.63) is 79.2 Å². The molecule has 0 saturated carbocycles. The Morgan fingerprint density at radius 3 is 2.37 bits per heavy atom. The molecule has 1 unspecified atom stereocenters. The summed E-state index contributed by atoms with van der Waals surface area (Å²) >= 11 is 6.33. The molecule has 220 valence electrons. The Kier molecular flexibility index (Phi) is 8.17. The summed E-state index contributed by atoms with van der Waals surface area (Å²) in [4.78, 5) is 26.7. The van der Waals surface area contributed by atoms with Crippen LogP contribution in [-0.2, 0) is 6.54 Å². The summed E-state index contributed by atoms with van der Waals surface area (Å²) in [6, 6.07) is 7.11. The quantitative estimate of drug-likeness (QED) is 0.229. The second-order valence-electron chi connectivity index (χ2n) is 8.81. The molecule has 2 aromatic carbocycles. The number of aryl methyl sites for hydroxylation is 1. The van der Waals surface area contributed by atoms with Crippen LogP contribution in [0.5, 0.6) is 11.5 Å². The largest absolute Gasteiger partial charge is 0.573 e. The van der Waals surface area contributed by atoms with E-state index in [2.05, 4.69) is 4.74 Å². The number of aromatic amines is 1. The number of ether oxygens (including phenoxy) is 2. The van der Waals surface area contributed by atoms with Crippen LogP contribution in [0.4, 0.5) is 30.7 Å². The van der Waals surface area contributed by atoms with E-state index >= 15 is 0 Å². The molecule has 0 radical (unpaired) electrons. The number of aromatic nitrogens is 2. The van der Waals surface area contributed by atoms with E-state index < -0.39 is 54.1 Å². The van der Waals surface area contributed by atoms with E-state index in [9.17, 15) is 45.4 Å². The molecule has 0 aliphatic carbocycles. The van der Waals surface area contributed by atoms with Crippen LogP contribution in [0, 0.1) is 12.7 Å². The van der Waals surface area contributed by atoms with Gasteiger partial charge in [0.1, 0.15) is 16.8 Å². The van der Waals surface area contributed by atoms with Gasteiger partial charge in [-0.25, -0.2) is 9.18 Å². The van der Waals surface area contributed by atoms with Crippen LogP contribution in [0.15, 0.2) is 46.0 Å². The Morgan fingerprint density at radius 1 is 1.07 bits per heavy atom. The highest BCUT2D eigenvalue weighted by atomic mass is 35.5. The van der Waals surface area contributed by atoms with Gasteiger partial charge < -0.3 is 14.6 Å². The minimum absolute atomic E-state index is 0.0512. The van der Waals surface area contributed by atoms with Gasteiger partial charge in [0.05, 0.1) is 17.0 Å². The molecule has 2 N–H and O–H groups in total. The van der Waals surface area contributed by atoms with Crippen molar-refractivity contribution in [2.75, 3.05) is 0 Å². The highest BCUT2D eigenvalue weighted by Gasteiger charge is 2.39. The summed E-state index contributed by atoms with van der Waals surface area (Å²) in [6.07, 6.45) is -14.1. The van der Waals surface area contributed by atoms with Gasteiger partial charge in [0.15, 0.2) is 17.6 Å². The van der Waals surface area contributed by atoms with Crippen molar-refractivity contribution in [1.29, 1.82) is 0 Å². The van der Waals surface area contributed by atoms with Gasteiger partial charge in [0.25, 0.3) is 5.56 Å². The molecule has 0 spiro atoms. The van der Waals surface area contributed by atoms with Crippen molar-refractivity contribution < 1.29 is 45.3 Å². The van der Waals surface area contributed by atoms with E-state index in [1.807, 2.05) is 4.98 Å². The Balaban J connectivity index is 1.81. The van der Waals surface area contributed by atoms with E-state index in [1.165, 1.54) is 32.0 Å². The number of hydrogen-bond donors (Lipinski definition) is 2. The molecule has 0 saturated heterocycles. The van der Waals surface area contributed by atoms with Crippen molar-refractivity contribution in [3.8, 4) is 21.9 Å². The number of aliphatic hydroxyl groups is 1. The number of alkyl halides is 6. The number of nitrogens with zero attached hydrogens (tertiary/aromatic N) is 1. The average molecular weight is 627 g/mol. The summed E-state index contributed by atoms with van der Waals surface area (Å²) in [5.74, 6) is -1.94. The number of hydrogen-bond acceptors (Lipinski definition) is 6. The topological polar surface area (TPSA) is 93.5 Å². The van der Waals surface area contributed by atoms with Crippen LogP contribution in [0.1, 0.15) is 24.2 Å². The van der Waals surface area contributed by atoms with E-state index in [4.69, 9.17) is 16.3 Å². The molecule has 0 aliphatic rings. The second-order valence-corrected chi connectivity index (χ2v) is 10.2. The van der Waals surface area contributed by atoms with E-state index in [1.54, 1.807) is 0 Å². The Hall–Kier alpha value is -3.56. The zero-order valence-corrected chi connectivity index (χ0v) is 22.4. The number of aliphatic hydroxyl groups excluding tert-OH is 1. The van der Waals surface area contributed by atoms with Crippen LogP contribution < -0.4 is 20.7 Å². The Morgan fingerprint density at radius 2 is 1.76 bits per heavy atom. The first-order valence-corrected chi connectivity index (χ1v) is 12.7. The lowest BCUT2D eigenvalue weighted by Crippen LogP contribution is -2.38. The molecular formula is C25H18ClF7N2O5S. The standard InChI is InChI=1S/C25H18ClF7N2O5S/c1-10-19-21(37)34-23(38)35(9-18(36)24(28,29)30)22(19)41-20(10)13-4-6-16(17(8-13)40-25(31,32)33)39-11(2)12-3-5-14(26)15(27)7-12/h3-8,11,18,36H,9H2,1-2H3,(H,34,37,38)/t11?,18-/m1/s1. The average Bonchev–Trinajstić information content (AvgIpc) is 3.20. The lowest BCUT2D eigenvalue weighted by molar-refractivity contribution is -0.275. The van der Waals surface area contributed by atoms with Gasteiger partial charge in [0.2, 0.25) is 0 Å². The second kappa shape index (κ2) is 11.0. The molecule has 4 rings (SSSR count). The third-order valence-corrected chi connectivity index (χ3v) is 7.62. The molecule has 0 amide bonds. The SMILES string of the molecule is Cc1c(-c2ccc(OC(C)c3ccc(Cl)c(F)c3)c(OC(F)(F)F)c2)sc2c1c(=O)[nH]c(=O)n2C[C@@H](O)C(F)(F)F. The van der Waals surface area contributed by atoms with Gasteiger partial charge in [-0.1, -0.05) is 17.7 Å². The molecule has 41 heavy (non-hydrogen) atoms. The Labute approximate surface area is 234 Å². The number of thiophene rings is 1. The summed E-state index contributed by atoms with van der Waals surface area (Å²) < 4.78 is 103. The molecule has 7 nitrogen and oxygen atoms in total. The predicted molar refractivity (Wildman–Crippen MR) is 136 cm³/mol. The summed E-state index contributed by atoms with van der Waals surface area (Å²) in [5.41, 5.74) is -1.68. The predicted octanol–water partition coefficient (Wildman–Crippen LogP) is 6.48. The van der Waals surface area contributed by atoms with Crippen LogP contribution >= 0.6 is 22.9 Å². The number of fused-ring (bicyclic) bond motifs is 1. The van der Waals surface area contributed by atoms with Crippen molar-refractivity contribution in [2.24, 2.45) is 0 Å². The lowest BCUT2D eigenvalue weighted by Gasteiger charge is -2.19. The highest BCUT2D eigenvalue weighted by molar-refractivity contribution is 7.22. The third kappa shape index (κ3) is 6.52. The first-order chi connectivity index (χ1) is 19.0. The first kappa shape index (κ1) is 30.4. The number of halogens is 8. The minimum atomic E-state index is -5.16. The van der Waals surface area contributed by atoms with Gasteiger partial charge in [0, 0.05) is 4.88 Å². The van der Waals surface area contributed by atoms with Gasteiger partial charge in [-0.2, -0.15) is 13.2 Å². The van der Waals surface area contributed by atoms with Crippen LogP contribution in [0.2, 0.25) is 5.02 Å². The smallest absolute Gasteiger partial charge is 0.482 e. The number of benzene rings is 2. The van der Waals surface area contributed by atoms with Crippen molar-refractivity contribution in [1.82, 2.24) is 9.55 Å². The van der Waals surface area contributed by atoms with Crippen molar-refractivity contribution >= 4 is 33.2 Å². The van der Waals surface area contributed by atoms with Gasteiger partial charge in [-0.3, -0.25) is 14.3 Å². The first-order valence-electron chi connectivity index (χ1n) is 11.5. The maximum Gasteiger partial charge on any atom is 0.573 e. The molecule has 2 atom stereocenters. The fourth-order valence-corrected chi connectivity index (χ4v) is 5.39. The molecular weight excluding hydrogens is 609 g/mol. The monoisotopic (exact) mass is 626 g/mol. The fraction of sp³-hybridized carbons (Fsp3) is 0.280. The minimum Gasteiger partial charge on any atom is -0.482 e. The fourth-order valence-electron chi connectivity index (χ4n) is 3.97. The maximum atomic E-state index is 13.9. The number of rotatable bonds is 7. The van der Waals surface area contributed by atoms with E-state index in [-0.39, 0.29) is 42.6 Å². The maximum absolute atomic E-state index is 13.9. The van der Waals surface area contributed by atoms with Crippen LogP contribution in [0.3, 0.4) is 0 Å². The van der Waals surface area contributed by atoms with Gasteiger partial charge in [-0.05, 0) is 60.9 Å². The normalized spacial score (nSPS) is 13.8. The summed E-state index contributed by atoms with van der Waals surface area (Å²) in [6.45, 7) is 1.61. The zero-order chi connectivity index (χ0) is 30.4. The molecule has 0 fully saturated rings. The van der Waals surface area contributed by atoms with E-state index in [0.717, 1.165) is 18.2 Å². The molecule has 16 heteroatoms. The summed E-state index contributed by atoms with van der Waals surface area (Å²) in [7, 11) is 0. The van der Waals surface area contributed by atoms with Crippen LogP contribution in [0.25, 0.3) is 20.7 Å². The zero-order valence-electron chi connectivity index (χ0n) is 20.8.